The lowest BCUT2D eigenvalue weighted by Crippen LogP contribution is -2.31. The van der Waals surface area contributed by atoms with Gasteiger partial charge in [0, 0.05) is 12.6 Å². The first-order valence-electron chi connectivity index (χ1n) is 9.74. The summed E-state index contributed by atoms with van der Waals surface area (Å²) in [4.78, 5) is 21.2. The summed E-state index contributed by atoms with van der Waals surface area (Å²) < 4.78 is 20.5. The Balaban J connectivity index is 1.62. The third-order valence-corrected chi connectivity index (χ3v) is 4.75. The van der Waals surface area contributed by atoms with E-state index in [2.05, 4.69) is 25.7 Å². The van der Waals surface area contributed by atoms with Gasteiger partial charge in [-0.3, -0.25) is 4.79 Å². The van der Waals surface area contributed by atoms with E-state index in [-0.39, 0.29) is 24.3 Å². The summed E-state index contributed by atoms with van der Waals surface area (Å²) in [6.07, 6.45) is 1.73. The first-order valence-corrected chi connectivity index (χ1v) is 10.7. The van der Waals surface area contributed by atoms with Gasteiger partial charge in [0.15, 0.2) is 29.0 Å². The van der Waals surface area contributed by atoms with E-state index in [0.29, 0.717) is 23.9 Å². The number of fused-ring (bicyclic) bond motifs is 1. The summed E-state index contributed by atoms with van der Waals surface area (Å²) in [5.41, 5.74) is 0.709. The van der Waals surface area contributed by atoms with Crippen LogP contribution in [0.2, 0.25) is 0 Å². The highest BCUT2D eigenvalue weighted by Crippen LogP contribution is 2.24. The molecule has 1 amide bonds. The van der Waals surface area contributed by atoms with Gasteiger partial charge in [-0.25, -0.2) is 19.0 Å². The number of carbonyl (C=O) groups is 1. The van der Waals surface area contributed by atoms with Gasteiger partial charge in [0.2, 0.25) is 0 Å². The Kier molecular flexibility index (Phi) is 7.45. The van der Waals surface area contributed by atoms with Crippen LogP contribution in [0, 0.1) is 5.82 Å². The van der Waals surface area contributed by atoms with E-state index in [4.69, 9.17) is 4.74 Å². The molecule has 10 heteroatoms. The number of hydrogen-bond donors (Lipinski definition) is 2. The maximum absolute atomic E-state index is 13.5. The zero-order valence-corrected chi connectivity index (χ0v) is 18.0. The minimum absolute atomic E-state index is 0.0496. The number of ether oxygens (including phenoxy) is 1. The van der Waals surface area contributed by atoms with Gasteiger partial charge >= 0.3 is 0 Å². The van der Waals surface area contributed by atoms with Crippen molar-refractivity contribution >= 4 is 34.5 Å². The van der Waals surface area contributed by atoms with Gasteiger partial charge in [0.1, 0.15) is 5.82 Å². The number of nitrogens with one attached hydrogen (secondary N) is 2. The van der Waals surface area contributed by atoms with Gasteiger partial charge in [-0.15, -0.1) is 0 Å². The van der Waals surface area contributed by atoms with Crippen molar-refractivity contribution in [1.82, 2.24) is 25.1 Å². The summed E-state index contributed by atoms with van der Waals surface area (Å²) >= 11 is 1.56. The highest BCUT2D eigenvalue weighted by molar-refractivity contribution is 7.99. The third kappa shape index (κ3) is 5.59. The van der Waals surface area contributed by atoms with E-state index >= 15 is 0 Å². The van der Waals surface area contributed by atoms with Crippen molar-refractivity contribution in [2.75, 3.05) is 24.2 Å². The van der Waals surface area contributed by atoms with Crippen LogP contribution in [-0.2, 0) is 11.3 Å². The Morgan fingerprint density at radius 2 is 2.10 bits per heavy atom. The molecule has 2 aromatic heterocycles. The smallest absolute Gasteiger partial charge is 0.258 e. The van der Waals surface area contributed by atoms with E-state index < -0.39 is 5.82 Å². The molecule has 3 aromatic rings. The average Bonchev–Trinajstić information content (AvgIpc) is 3.10. The maximum Gasteiger partial charge on any atom is 0.258 e. The number of para-hydroxylation sites is 1. The number of anilines is 1. The average molecular weight is 433 g/mol. The molecule has 0 bridgehead atoms. The lowest BCUT2D eigenvalue weighted by atomic mass is 10.3. The summed E-state index contributed by atoms with van der Waals surface area (Å²) in [6.45, 7) is 6.65. The van der Waals surface area contributed by atoms with Crippen LogP contribution in [0.4, 0.5) is 10.2 Å². The van der Waals surface area contributed by atoms with Crippen LogP contribution in [0.25, 0.3) is 11.0 Å². The molecule has 0 spiro atoms. The van der Waals surface area contributed by atoms with Gasteiger partial charge in [0.05, 0.1) is 18.1 Å². The minimum Gasteiger partial charge on any atom is -0.481 e. The molecule has 8 nitrogen and oxygen atoms in total. The molecule has 0 fully saturated rings. The molecule has 0 unspecified atom stereocenters. The number of amides is 1. The zero-order valence-electron chi connectivity index (χ0n) is 17.2. The molecular weight excluding hydrogens is 407 g/mol. The van der Waals surface area contributed by atoms with Gasteiger partial charge in [-0.05, 0) is 31.7 Å². The number of nitrogens with zero attached hydrogens (tertiary/aromatic N) is 4. The van der Waals surface area contributed by atoms with Gasteiger partial charge in [-0.1, -0.05) is 30.8 Å². The molecule has 0 saturated carbocycles. The van der Waals surface area contributed by atoms with Crippen LogP contribution in [0.1, 0.15) is 20.8 Å². The lowest BCUT2D eigenvalue weighted by molar-refractivity contribution is -0.123. The number of aromatic nitrogens is 4. The van der Waals surface area contributed by atoms with E-state index in [1.807, 2.05) is 20.8 Å². The second kappa shape index (κ2) is 10.2. The fourth-order valence-corrected chi connectivity index (χ4v) is 3.30. The number of rotatable bonds is 10. The normalized spacial score (nSPS) is 11.1. The lowest BCUT2D eigenvalue weighted by Gasteiger charge is -2.12. The first kappa shape index (κ1) is 21.8. The SMILES string of the molecule is CCSc1nc(NC(C)C)c2cnn(CCNC(=O)COc3ccccc3F)c2n1. The maximum atomic E-state index is 13.5. The molecule has 0 aliphatic heterocycles. The van der Waals surface area contributed by atoms with Crippen LogP contribution in [0.15, 0.2) is 35.6 Å². The number of carbonyl (C=O) groups excluding carboxylic acids is 1. The number of halogens is 1. The monoisotopic (exact) mass is 432 g/mol. The number of thioether (sulfide) groups is 1. The molecule has 0 atom stereocenters. The van der Waals surface area contributed by atoms with Crippen LogP contribution in [0.3, 0.4) is 0 Å². The topological polar surface area (TPSA) is 94.0 Å². The molecule has 1 aromatic carbocycles. The molecule has 2 N–H and O–H groups in total. The van der Waals surface area contributed by atoms with Gasteiger partial charge in [0.25, 0.3) is 5.91 Å². The van der Waals surface area contributed by atoms with Crippen molar-refractivity contribution in [3.8, 4) is 5.75 Å². The van der Waals surface area contributed by atoms with Crippen LogP contribution in [0.5, 0.6) is 5.75 Å². The molecule has 0 saturated heterocycles. The molecular formula is C20H25FN6O2S. The van der Waals surface area contributed by atoms with Crippen LogP contribution in [-0.4, -0.2) is 50.6 Å². The zero-order chi connectivity index (χ0) is 21.5. The largest absolute Gasteiger partial charge is 0.481 e. The molecule has 30 heavy (non-hydrogen) atoms. The van der Waals surface area contributed by atoms with Crippen LogP contribution < -0.4 is 15.4 Å². The quantitative estimate of drug-likeness (QED) is 0.376. The Labute approximate surface area is 178 Å². The summed E-state index contributed by atoms with van der Waals surface area (Å²) in [5, 5.41) is 12.0. The van der Waals surface area contributed by atoms with E-state index in [0.717, 1.165) is 17.0 Å². The molecule has 160 valence electrons. The van der Waals surface area contributed by atoms with Crippen molar-refractivity contribution in [3.63, 3.8) is 0 Å². The predicted molar refractivity (Wildman–Crippen MR) is 115 cm³/mol. The fraction of sp³-hybridized carbons (Fsp3) is 0.400. The Morgan fingerprint density at radius 3 is 2.83 bits per heavy atom. The first-order chi connectivity index (χ1) is 14.5. The van der Waals surface area contributed by atoms with Crippen molar-refractivity contribution in [3.05, 3.63) is 36.3 Å². The molecule has 0 aliphatic carbocycles. The Morgan fingerprint density at radius 1 is 1.30 bits per heavy atom. The highest BCUT2D eigenvalue weighted by atomic mass is 32.2. The predicted octanol–water partition coefficient (Wildman–Crippen LogP) is 3.09. The van der Waals surface area contributed by atoms with Crippen molar-refractivity contribution in [2.45, 2.75) is 38.5 Å². The van der Waals surface area contributed by atoms with E-state index in [1.165, 1.54) is 12.1 Å². The van der Waals surface area contributed by atoms with Gasteiger partial charge < -0.3 is 15.4 Å². The fourth-order valence-electron chi connectivity index (χ4n) is 2.73. The minimum atomic E-state index is -0.500. The van der Waals surface area contributed by atoms with E-state index in [1.54, 1.807) is 34.8 Å². The van der Waals surface area contributed by atoms with Crippen molar-refractivity contribution in [2.24, 2.45) is 0 Å². The molecule has 3 rings (SSSR count). The van der Waals surface area contributed by atoms with Crippen LogP contribution >= 0.6 is 11.8 Å². The summed E-state index contributed by atoms with van der Waals surface area (Å²) in [7, 11) is 0. The standard InChI is InChI=1S/C20H25FN6O2S/c1-4-30-20-25-18(24-13(2)3)14-11-23-27(19(14)26-20)10-9-22-17(28)12-29-16-8-6-5-7-15(16)21/h5-8,11,13H,4,9-10,12H2,1-3H3,(H,22,28)(H,24,25,26). The van der Waals surface area contributed by atoms with Crippen molar-refractivity contribution < 1.29 is 13.9 Å². The Bertz CT molecular complexity index is 1010. The van der Waals surface area contributed by atoms with E-state index in [9.17, 15) is 9.18 Å². The third-order valence-electron chi connectivity index (χ3n) is 4.02. The highest BCUT2D eigenvalue weighted by Gasteiger charge is 2.14. The summed E-state index contributed by atoms with van der Waals surface area (Å²) in [6, 6.07) is 6.19. The number of benzene rings is 1. The van der Waals surface area contributed by atoms with Crippen molar-refractivity contribution in [1.29, 1.82) is 0 Å². The molecule has 0 radical (unpaired) electrons. The second-order valence-corrected chi connectivity index (χ2v) is 7.99. The summed E-state index contributed by atoms with van der Waals surface area (Å²) in [5.74, 6) is 0.820. The second-order valence-electron chi connectivity index (χ2n) is 6.76. The van der Waals surface area contributed by atoms with Gasteiger partial charge in [-0.2, -0.15) is 5.10 Å². The molecule has 2 heterocycles. The Hall–Kier alpha value is -2.88. The number of hydrogen-bond acceptors (Lipinski definition) is 7. The molecule has 0 aliphatic rings.